The molecule has 1 aromatic rings. The molecule has 1 unspecified atom stereocenters. The maximum atomic E-state index is 13.2. The largest absolute Gasteiger partial charge is 0.491 e. The highest BCUT2D eigenvalue weighted by molar-refractivity contribution is 5.76. The number of hydrogen-bond donors (Lipinski definition) is 1. The van der Waals surface area contributed by atoms with E-state index >= 15 is 0 Å². The molecule has 0 radical (unpaired) electrons. The molecule has 16 heavy (non-hydrogen) atoms. The molecule has 0 saturated carbocycles. The number of benzene rings is 1. The van der Waals surface area contributed by atoms with E-state index in [4.69, 9.17) is 0 Å². The van der Waals surface area contributed by atoms with E-state index in [1.54, 1.807) is 0 Å². The summed E-state index contributed by atoms with van der Waals surface area (Å²) < 4.78 is 35.1. The van der Waals surface area contributed by atoms with Crippen LogP contribution in [-0.4, -0.2) is 25.3 Å². The second-order valence-corrected chi connectivity index (χ2v) is 2.94. The lowest BCUT2D eigenvalue weighted by Gasteiger charge is -2.10. The quantitative estimate of drug-likeness (QED) is 0.795. The molecule has 1 N–H and O–H groups in total. The molecule has 0 aliphatic carbocycles. The second-order valence-electron chi connectivity index (χ2n) is 2.94. The van der Waals surface area contributed by atoms with Crippen molar-refractivity contribution in [1.82, 2.24) is 0 Å². The van der Waals surface area contributed by atoms with E-state index in [2.05, 4.69) is 9.47 Å². The monoisotopic (exact) mass is 232 g/mol. The van der Waals surface area contributed by atoms with Gasteiger partial charge in [-0.1, -0.05) is 0 Å². The highest BCUT2D eigenvalue weighted by Gasteiger charge is 2.21. The first kappa shape index (κ1) is 12.4. The lowest BCUT2D eigenvalue weighted by Crippen LogP contribution is -2.14. The van der Waals surface area contributed by atoms with E-state index in [0.29, 0.717) is 0 Å². The fraction of sp³-hybridized carbons (Fsp3) is 0.300. The molecule has 0 aromatic heterocycles. The standard InChI is InChI=1S/C10H10F2O4/c1-15-9-6(11)3-5(4-7(9)12)8(13)10(14)16-2/h3-4,8,13H,1-2H3. The van der Waals surface area contributed by atoms with E-state index in [-0.39, 0.29) is 5.56 Å². The van der Waals surface area contributed by atoms with Crippen LogP contribution in [0.4, 0.5) is 8.78 Å². The Morgan fingerprint density at radius 1 is 1.31 bits per heavy atom. The summed E-state index contributed by atoms with van der Waals surface area (Å²) in [5.74, 6) is -3.56. The van der Waals surface area contributed by atoms with Crippen molar-refractivity contribution in [3.8, 4) is 5.75 Å². The highest BCUT2D eigenvalue weighted by Crippen LogP contribution is 2.26. The molecule has 0 spiro atoms. The number of halogens is 2. The van der Waals surface area contributed by atoms with Crippen LogP contribution in [-0.2, 0) is 9.53 Å². The number of hydrogen-bond acceptors (Lipinski definition) is 4. The lowest BCUT2D eigenvalue weighted by molar-refractivity contribution is -0.150. The predicted octanol–water partition coefficient (Wildman–Crippen LogP) is 1.18. The molecule has 88 valence electrons. The van der Waals surface area contributed by atoms with Crippen molar-refractivity contribution in [2.24, 2.45) is 0 Å². The molecule has 1 rings (SSSR count). The van der Waals surface area contributed by atoms with Gasteiger partial charge in [-0.3, -0.25) is 0 Å². The molecule has 0 fully saturated rings. The normalized spacial score (nSPS) is 12.1. The number of aliphatic hydroxyl groups is 1. The second kappa shape index (κ2) is 4.89. The fourth-order valence-electron chi connectivity index (χ4n) is 1.18. The highest BCUT2D eigenvalue weighted by atomic mass is 19.1. The van der Waals surface area contributed by atoms with Crippen molar-refractivity contribution >= 4 is 5.97 Å². The first-order valence-corrected chi connectivity index (χ1v) is 4.30. The third-order valence-corrected chi connectivity index (χ3v) is 1.96. The zero-order valence-corrected chi connectivity index (χ0v) is 8.66. The molecule has 0 heterocycles. The van der Waals surface area contributed by atoms with E-state index in [0.717, 1.165) is 26.4 Å². The van der Waals surface area contributed by atoms with Crippen molar-refractivity contribution in [2.75, 3.05) is 14.2 Å². The summed E-state index contributed by atoms with van der Waals surface area (Å²) in [5.41, 5.74) is -0.234. The maximum absolute atomic E-state index is 13.2. The van der Waals surface area contributed by atoms with Gasteiger partial charge in [0.2, 0.25) is 0 Å². The summed E-state index contributed by atoms with van der Waals surface area (Å²) in [5, 5.41) is 9.35. The van der Waals surface area contributed by atoms with E-state index < -0.39 is 29.5 Å². The Balaban J connectivity index is 3.13. The molecule has 0 amide bonds. The lowest BCUT2D eigenvalue weighted by atomic mass is 10.1. The van der Waals surface area contributed by atoms with Crippen molar-refractivity contribution in [3.63, 3.8) is 0 Å². The van der Waals surface area contributed by atoms with Crippen LogP contribution in [0.3, 0.4) is 0 Å². The zero-order valence-electron chi connectivity index (χ0n) is 8.66. The van der Waals surface area contributed by atoms with Gasteiger partial charge in [0, 0.05) is 0 Å². The number of aliphatic hydroxyl groups excluding tert-OH is 1. The number of esters is 1. The Kier molecular flexibility index (Phi) is 3.78. The minimum atomic E-state index is -1.72. The third-order valence-electron chi connectivity index (χ3n) is 1.96. The van der Waals surface area contributed by atoms with E-state index in [1.807, 2.05) is 0 Å². The molecule has 1 aromatic carbocycles. The average molecular weight is 232 g/mol. The summed E-state index contributed by atoms with van der Waals surface area (Å²) in [7, 11) is 2.17. The van der Waals surface area contributed by atoms with E-state index in [9.17, 15) is 18.7 Å². The van der Waals surface area contributed by atoms with Crippen LogP contribution in [0.15, 0.2) is 12.1 Å². The van der Waals surface area contributed by atoms with Crippen LogP contribution >= 0.6 is 0 Å². The molecular formula is C10H10F2O4. The summed E-state index contributed by atoms with van der Waals surface area (Å²) in [6, 6.07) is 1.62. The Morgan fingerprint density at radius 3 is 2.19 bits per heavy atom. The van der Waals surface area contributed by atoms with Crippen LogP contribution in [0.2, 0.25) is 0 Å². The van der Waals surface area contributed by atoms with Gasteiger partial charge in [0.25, 0.3) is 0 Å². The van der Waals surface area contributed by atoms with E-state index in [1.165, 1.54) is 0 Å². The maximum Gasteiger partial charge on any atom is 0.339 e. The Bertz CT molecular complexity index is 383. The minimum Gasteiger partial charge on any atom is -0.491 e. The van der Waals surface area contributed by atoms with Gasteiger partial charge < -0.3 is 14.6 Å². The molecule has 4 nitrogen and oxygen atoms in total. The molecule has 1 atom stereocenters. The Labute approximate surface area is 90.4 Å². The van der Waals surface area contributed by atoms with Gasteiger partial charge >= 0.3 is 5.97 Å². The van der Waals surface area contributed by atoms with Crippen LogP contribution in [0.25, 0.3) is 0 Å². The Morgan fingerprint density at radius 2 is 1.81 bits per heavy atom. The van der Waals surface area contributed by atoms with Crippen molar-refractivity contribution < 1.29 is 28.2 Å². The smallest absolute Gasteiger partial charge is 0.339 e. The average Bonchev–Trinajstić information content (AvgIpc) is 2.26. The SMILES string of the molecule is COC(=O)C(O)c1cc(F)c(OC)c(F)c1. The van der Waals surface area contributed by atoms with Crippen LogP contribution in [0.1, 0.15) is 11.7 Å². The van der Waals surface area contributed by atoms with Crippen molar-refractivity contribution in [2.45, 2.75) is 6.10 Å². The molecular weight excluding hydrogens is 222 g/mol. The first-order chi connectivity index (χ1) is 7.51. The van der Waals surface area contributed by atoms with Crippen LogP contribution in [0.5, 0.6) is 5.75 Å². The predicted molar refractivity (Wildman–Crippen MR) is 49.9 cm³/mol. The van der Waals surface area contributed by atoms with Gasteiger partial charge in [0.05, 0.1) is 14.2 Å². The number of methoxy groups -OCH3 is 2. The van der Waals surface area contributed by atoms with Gasteiger partial charge in [0.1, 0.15) is 0 Å². The van der Waals surface area contributed by atoms with Gasteiger partial charge in [-0.05, 0) is 17.7 Å². The summed E-state index contributed by atoms with van der Waals surface area (Å²) >= 11 is 0. The van der Waals surface area contributed by atoms with Crippen molar-refractivity contribution in [3.05, 3.63) is 29.3 Å². The number of carbonyl (C=O) groups is 1. The van der Waals surface area contributed by atoms with Gasteiger partial charge in [-0.25, -0.2) is 13.6 Å². The van der Waals surface area contributed by atoms with Gasteiger partial charge in [-0.15, -0.1) is 0 Å². The number of carbonyl (C=O) groups excluding carboxylic acids is 1. The fourth-order valence-corrected chi connectivity index (χ4v) is 1.18. The Hall–Kier alpha value is -1.69. The topological polar surface area (TPSA) is 55.8 Å². The molecule has 0 aliphatic heterocycles. The zero-order chi connectivity index (χ0) is 12.3. The summed E-state index contributed by atoms with van der Waals surface area (Å²) in [4.78, 5) is 10.9. The summed E-state index contributed by atoms with van der Waals surface area (Å²) in [6.45, 7) is 0. The molecule has 0 bridgehead atoms. The van der Waals surface area contributed by atoms with Crippen LogP contribution in [0, 0.1) is 11.6 Å². The van der Waals surface area contributed by atoms with Crippen LogP contribution < -0.4 is 4.74 Å². The van der Waals surface area contributed by atoms with Crippen molar-refractivity contribution in [1.29, 1.82) is 0 Å². The number of rotatable bonds is 3. The first-order valence-electron chi connectivity index (χ1n) is 4.30. The summed E-state index contributed by atoms with van der Waals surface area (Å²) in [6.07, 6.45) is -1.72. The van der Waals surface area contributed by atoms with Gasteiger partial charge in [-0.2, -0.15) is 0 Å². The third kappa shape index (κ3) is 2.27. The molecule has 0 aliphatic rings. The minimum absolute atomic E-state index is 0.234. The molecule has 0 saturated heterocycles. The van der Waals surface area contributed by atoms with Gasteiger partial charge in [0.15, 0.2) is 23.5 Å². The number of ether oxygens (including phenoxy) is 2. The molecule has 6 heteroatoms.